The molecule has 0 aromatic rings. The van der Waals surface area contributed by atoms with Crippen LogP contribution in [0, 0.1) is 5.92 Å². The van der Waals surface area contributed by atoms with E-state index in [4.69, 9.17) is 5.73 Å². The Balaban J connectivity index is 3.63. The second kappa shape index (κ2) is 9.16. The van der Waals surface area contributed by atoms with Gasteiger partial charge in [-0.2, -0.15) is 0 Å². The number of sulfonamides is 1. The third-order valence-corrected chi connectivity index (χ3v) is 3.75. The summed E-state index contributed by atoms with van der Waals surface area (Å²) in [6.45, 7) is 7.64. The number of nitrogens with zero attached hydrogens (tertiary/aromatic N) is 1. The molecule has 7 heteroatoms. The molecule has 18 heavy (non-hydrogen) atoms. The van der Waals surface area contributed by atoms with E-state index in [1.54, 1.807) is 6.92 Å². The lowest BCUT2D eigenvalue weighted by molar-refractivity contribution is 0.576. The second-order valence-electron chi connectivity index (χ2n) is 4.53. The molecule has 0 aliphatic carbocycles. The number of guanidine groups is 1. The van der Waals surface area contributed by atoms with Gasteiger partial charge in [0, 0.05) is 19.6 Å². The van der Waals surface area contributed by atoms with Crippen LogP contribution in [0.1, 0.15) is 33.6 Å². The van der Waals surface area contributed by atoms with E-state index in [0.717, 1.165) is 13.0 Å². The van der Waals surface area contributed by atoms with Gasteiger partial charge < -0.3 is 11.1 Å². The minimum absolute atomic E-state index is 0.106. The van der Waals surface area contributed by atoms with Gasteiger partial charge >= 0.3 is 0 Å². The van der Waals surface area contributed by atoms with Gasteiger partial charge in [0.15, 0.2) is 5.96 Å². The Kier molecular flexibility index (Phi) is 8.74. The Labute approximate surface area is 110 Å². The molecule has 0 atom stereocenters. The molecule has 0 aliphatic rings. The summed E-state index contributed by atoms with van der Waals surface area (Å²) >= 11 is 0. The van der Waals surface area contributed by atoms with Crippen molar-refractivity contribution in [1.29, 1.82) is 0 Å². The summed E-state index contributed by atoms with van der Waals surface area (Å²) < 4.78 is 24.7. The lowest BCUT2D eigenvalue weighted by Crippen LogP contribution is -2.33. The SMILES string of the molecule is CCS(=O)(=O)NCCCN=C(N)NCCC(C)C. The molecular weight excluding hydrogens is 252 g/mol. The van der Waals surface area contributed by atoms with Crippen molar-refractivity contribution in [3.05, 3.63) is 0 Å². The molecule has 0 fully saturated rings. The van der Waals surface area contributed by atoms with E-state index < -0.39 is 10.0 Å². The summed E-state index contributed by atoms with van der Waals surface area (Å²) in [5.74, 6) is 1.16. The predicted octanol–water partition coefficient (Wildman–Crippen LogP) is 0.266. The molecule has 0 aliphatic heterocycles. The third kappa shape index (κ3) is 10.3. The van der Waals surface area contributed by atoms with Crippen molar-refractivity contribution in [3.63, 3.8) is 0 Å². The van der Waals surface area contributed by atoms with Crippen LogP contribution in [-0.4, -0.2) is 39.8 Å². The van der Waals surface area contributed by atoms with Gasteiger partial charge in [-0.15, -0.1) is 0 Å². The van der Waals surface area contributed by atoms with Crippen molar-refractivity contribution in [3.8, 4) is 0 Å². The summed E-state index contributed by atoms with van der Waals surface area (Å²) in [4.78, 5) is 4.11. The second-order valence-corrected chi connectivity index (χ2v) is 6.62. The maximum atomic E-state index is 11.1. The Hall–Kier alpha value is -0.820. The fraction of sp³-hybridized carbons (Fsp3) is 0.909. The molecule has 6 nitrogen and oxygen atoms in total. The highest BCUT2D eigenvalue weighted by Crippen LogP contribution is 1.95. The van der Waals surface area contributed by atoms with Gasteiger partial charge in [0.2, 0.25) is 10.0 Å². The lowest BCUT2D eigenvalue weighted by atomic mass is 10.1. The van der Waals surface area contributed by atoms with Crippen molar-refractivity contribution in [1.82, 2.24) is 10.0 Å². The number of nitrogens with one attached hydrogen (secondary N) is 2. The molecule has 0 bridgehead atoms. The highest BCUT2D eigenvalue weighted by atomic mass is 32.2. The van der Waals surface area contributed by atoms with Crippen LogP contribution in [0.15, 0.2) is 4.99 Å². The molecule has 0 unspecified atom stereocenters. The maximum absolute atomic E-state index is 11.1. The highest BCUT2D eigenvalue weighted by Gasteiger charge is 2.03. The third-order valence-electron chi connectivity index (χ3n) is 2.35. The monoisotopic (exact) mass is 278 g/mol. The molecular formula is C11H26N4O2S. The zero-order chi connectivity index (χ0) is 14.0. The van der Waals surface area contributed by atoms with E-state index in [-0.39, 0.29) is 5.75 Å². The Morgan fingerprint density at radius 3 is 2.56 bits per heavy atom. The van der Waals surface area contributed by atoms with Crippen LogP contribution in [0.2, 0.25) is 0 Å². The van der Waals surface area contributed by atoms with Gasteiger partial charge in [-0.05, 0) is 25.7 Å². The van der Waals surface area contributed by atoms with Crippen LogP contribution in [0.5, 0.6) is 0 Å². The van der Waals surface area contributed by atoms with E-state index in [1.807, 2.05) is 0 Å². The van der Waals surface area contributed by atoms with Crippen LogP contribution >= 0.6 is 0 Å². The molecule has 0 aromatic carbocycles. The number of hydrogen-bond acceptors (Lipinski definition) is 3. The Morgan fingerprint density at radius 2 is 2.00 bits per heavy atom. The van der Waals surface area contributed by atoms with Gasteiger partial charge in [-0.25, -0.2) is 13.1 Å². The van der Waals surface area contributed by atoms with E-state index >= 15 is 0 Å². The predicted molar refractivity (Wildman–Crippen MR) is 76.0 cm³/mol. The highest BCUT2D eigenvalue weighted by molar-refractivity contribution is 7.89. The molecule has 0 aromatic heterocycles. The van der Waals surface area contributed by atoms with Gasteiger partial charge in [-0.1, -0.05) is 13.8 Å². The van der Waals surface area contributed by atoms with E-state index in [1.165, 1.54) is 0 Å². The van der Waals surface area contributed by atoms with Crippen molar-refractivity contribution >= 4 is 16.0 Å². The molecule has 0 heterocycles. The molecule has 0 amide bonds. The summed E-state index contributed by atoms with van der Waals surface area (Å²) in [7, 11) is -3.09. The standard InChI is InChI=1S/C11H26N4O2S/c1-4-18(16,17)15-8-5-7-13-11(12)14-9-6-10(2)3/h10,15H,4-9H2,1-3H3,(H3,12,13,14). The first kappa shape index (κ1) is 17.2. The number of nitrogens with two attached hydrogens (primary N) is 1. The largest absolute Gasteiger partial charge is 0.370 e. The van der Waals surface area contributed by atoms with Crippen molar-refractivity contribution < 1.29 is 8.42 Å². The normalized spacial score (nSPS) is 13.0. The van der Waals surface area contributed by atoms with Crippen LogP contribution < -0.4 is 15.8 Å². The van der Waals surface area contributed by atoms with E-state index in [9.17, 15) is 8.42 Å². The van der Waals surface area contributed by atoms with Crippen LogP contribution in [0.25, 0.3) is 0 Å². The average Bonchev–Trinajstić information content (AvgIpc) is 2.28. The van der Waals surface area contributed by atoms with Crippen molar-refractivity contribution in [2.24, 2.45) is 16.6 Å². The Bertz CT molecular complexity index is 339. The molecule has 0 rings (SSSR count). The molecule has 0 saturated heterocycles. The van der Waals surface area contributed by atoms with Crippen LogP contribution in [0.3, 0.4) is 0 Å². The minimum Gasteiger partial charge on any atom is -0.370 e. The fourth-order valence-electron chi connectivity index (χ4n) is 1.15. The summed E-state index contributed by atoms with van der Waals surface area (Å²) in [6, 6.07) is 0. The van der Waals surface area contributed by atoms with Crippen LogP contribution in [0.4, 0.5) is 0 Å². The topological polar surface area (TPSA) is 96.6 Å². The zero-order valence-corrected chi connectivity index (χ0v) is 12.4. The van der Waals surface area contributed by atoms with Gasteiger partial charge in [0.25, 0.3) is 0 Å². The van der Waals surface area contributed by atoms with Gasteiger partial charge in [0.05, 0.1) is 5.75 Å². The average molecular weight is 278 g/mol. The molecule has 0 spiro atoms. The van der Waals surface area contributed by atoms with Crippen molar-refractivity contribution in [2.75, 3.05) is 25.4 Å². The van der Waals surface area contributed by atoms with Gasteiger partial charge in [-0.3, -0.25) is 4.99 Å². The first-order valence-electron chi connectivity index (χ1n) is 6.38. The summed E-state index contributed by atoms with van der Waals surface area (Å²) in [5.41, 5.74) is 5.65. The first-order valence-corrected chi connectivity index (χ1v) is 8.03. The van der Waals surface area contributed by atoms with Gasteiger partial charge in [0.1, 0.15) is 0 Å². The number of rotatable bonds is 9. The minimum atomic E-state index is -3.09. The molecule has 0 radical (unpaired) electrons. The number of aliphatic imine (C=N–C) groups is 1. The lowest BCUT2D eigenvalue weighted by Gasteiger charge is -2.07. The smallest absolute Gasteiger partial charge is 0.211 e. The Morgan fingerprint density at radius 1 is 1.33 bits per heavy atom. The quantitative estimate of drug-likeness (QED) is 0.320. The number of hydrogen-bond donors (Lipinski definition) is 3. The summed E-state index contributed by atoms with van der Waals surface area (Å²) in [6.07, 6.45) is 1.69. The van der Waals surface area contributed by atoms with Crippen molar-refractivity contribution in [2.45, 2.75) is 33.6 Å². The molecule has 108 valence electrons. The molecule has 0 saturated carbocycles. The van der Waals surface area contributed by atoms with Crippen LogP contribution in [-0.2, 0) is 10.0 Å². The first-order chi connectivity index (χ1) is 8.37. The zero-order valence-electron chi connectivity index (χ0n) is 11.6. The maximum Gasteiger partial charge on any atom is 0.211 e. The van der Waals surface area contributed by atoms with E-state index in [0.29, 0.717) is 31.4 Å². The fourth-order valence-corrected chi connectivity index (χ4v) is 1.81. The summed E-state index contributed by atoms with van der Waals surface area (Å²) in [5, 5.41) is 3.02. The van der Waals surface area contributed by atoms with E-state index in [2.05, 4.69) is 28.9 Å². The molecule has 4 N–H and O–H groups in total.